The quantitative estimate of drug-likeness (QED) is 0.805. The first kappa shape index (κ1) is 12.3. The Kier molecular flexibility index (Phi) is 4.09. The number of carbonyl (C=O) groups is 1. The maximum absolute atomic E-state index is 11.9. The van der Waals surface area contributed by atoms with E-state index in [1.54, 1.807) is 7.05 Å². The lowest BCUT2D eigenvalue weighted by molar-refractivity contribution is 0.0799. The molecule has 2 N–H and O–H groups in total. The summed E-state index contributed by atoms with van der Waals surface area (Å²) in [6.07, 6.45) is 1.62. The summed E-state index contributed by atoms with van der Waals surface area (Å²) in [4.78, 5) is 17.1. The fourth-order valence-electron chi connectivity index (χ4n) is 1.15. The second-order valence-corrected chi connectivity index (χ2v) is 3.62. The van der Waals surface area contributed by atoms with Crippen LogP contribution >= 0.6 is 11.6 Å². The first-order chi connectivity index (χ1) is 7.56. The number of rotatable bonds is 3. The van der Waals surface area contributed by atoms with Gasteiger partial charge in [-0.05, 0) is 6.07 Å². The maximum atomic E-state index is 11.9. The van der Waals surface area contributed by atoms with Crippen molar-refractivity contribution in [3.63, 3.8) is 0 Å². The Hall–Kier alpha value is -1.80. The molecule has 0 aromatic carbocycles. The first-order valence-electron chi connectivity index (χ1n) is 4.59. The van der Waals surface area contributed by atoms with E-state index in [0.717, 1.165) is 0 Å². The third-order valence-electron chi connectivity index (χ3n) is 2.04. The third kappa shape index (κ3) is 2.84. The molecule has 1 aromatic rings. The van der Waals surface area contributed by atoms with E-state index in [0.29, 0.717) is 12.1 Å². The van der Waals surface area contributed by atoms with Crippen molar-refractivity contribution < 1.29 is 4.79 Å². The van der Waals surface area contributed by atoms with Gasteiger partial charge in [-0.15, -0.1) is 0 Å². The number of halogens is 1. The number of nitrogen functional groups attached to an aromatic ring is 1. The van der Waals surface area contributed by atoms with E-state index in [9.17, 15) is 4.79 Å². The number of hydrogen-bond donors (Lipinski definition) is 1. The molecule has 0 aliphatic heterocycles. The minimum absolute atomic E-state index is 0.214. The number of nitriles is 1. The maximum Gasteiger partial charge on any atom is 0.255 e. The van der Waals surface area contributed by atoms with Gasteiger partial charge in [0.2, 0.25) is 0 Å². The number of pyridine rings is 1. The Balaban J connectivity index is 2.88. The topological polar surface area (TPSA) is 83.0 Å². The van der Waals surface area contributed by atoms with Crippen molar-refractivity contribution >= 4 is 23.2 Å². The van der Waals surface area contributed by atoms with Crippen molar-refractivity contribution in [3.8, 4) is 6.07 Å². The Labute approximate surface area is 98.4 Å². The van der Waals surface area contributed by atoms with Gasteiger partial charge in [-0.25, -0.2) is 4.98 Å². The molecule has 1 amide bonds. The summed E-state index contributed by atoms with van der Waals surface area (Å²) < 4.78 is 0. The molecule has 1 heterocycles. The minimum atomic E-state index is -0.267. The molecule has 0 spiro atoms. The second kappa shape index (κ2) is 5.33. The Morgan fingerprint density at radius 1 is 1.75 bits per heavy atom. The average molecular weight is 239 g/mol. The van der Waals surface area contributed by atoms with Crippen molar-refractivity contribution in [2.24, 2.45) is 0 Å². The van der Waals surface area contributed by atoms with Crippen LogP contribution in [0.4, 0.5) is 5.69 Å². The van der Waals surface area contributed by atoms with Gasteiger partial charge in [-0.1, -0.05) is 11.6 Å². The van der Waals surface area contributed by atoms with Gasteiger partial charge in [0.1, 0.15) is 5.15 Å². The molecule has 0 radical (unpaired) electrons. The lowest BCUT2D eigenvalue weighted by atomic mass is 10.2. The van der Waals surface area contributed by atoms with E-state index >= 15 is 0 Å². The standard InChI is InChI=1S/C10H11ClN4O/c1-15(4-2-3-12)10(16)7-5-9(11)14-6-8(7)13/h5-6H,2,4,13H2,1H3. The van der Waals surface area contributed by atoms with Gasteiger partial charge in [0, 0.05) is 13.6 Å². The Morgan fingerprint density at radius 2 is 2.44 bits per heavy atom. The Morgan fingerprint density at radius 3 is 3.06 bits per heavy atom. The van der Waals surface area contributed by atoms with Gasteiger partial charge in [-0.2, -0.15) is 5.26 Å². The Bertz CT molecular complexity index is 441. The zero-order valence-electron chi connectivity index (χ0n) is 8.77. The van der Waals surface area contributed by atoms with Crippen LogP contribution in [0.15, 0.2) is 12.3 Å². The molecule has 0 bridgehead atoms. The van der Waals surface area contributed by atoms with Crippen molar-refractivity contribution in [1.29, 1.82) is 5.26 Å². The van der Waals surface area contributed by atoms with Gasteiger partial charge in [0.25, 0.3) is 5.91 Å². The van der Waals surface area contributed by atoms with Crippen molar-refractivity contribution in [2.45, 2.75) is 6.42 Å². The summed E-state index contributed by atoms with van der Waals surface area (Å²) >= 11 is 5.68. The summed E-state index contributed by atoms with van der Waals surface area (Å²) in [7, 11) is 1.60. The molecular weight excluding hydrogens is 228 g/mol. The fraction of sp³-hybridized carbons (Fsp3) is 0.300. The van der Waals surface area contributed by atoms with E-state index in [4.69, 9.17) is 22.6 Å². The highest BCUT2D eigenvalue weighted by atomic mass is 35.5. The third-order valence-corrected chi connectivity index (χ3v) is 2.24. The van der Waals surface area contributed by atoms with Gasteiger partial charge < -0.3 is 10.6 Å². The van der Waals surface area contributed by atoms with Crippen LogP contribution in [0, 0.1) is 11.3 Å². The van der Waals surface area contributed by atoms with Crippen LogP contribution in [0.25, 0.3) is 0 Å². The molecule has 0 aliphatic carbocycles. The highest BCUT2D eigenvalue weighted by molar-refractivity contribution is 6.29. The van der Waals surface area contributed by atoms with Gasteiger partial charge in [-0.3, -0.25) is 4.79 Å². The monoisotopic (exact) mass is 238 g/mol. The predicted molar refractivity (Wildman–Crippen MR) is 60.8 cm³/mol. The molecule has 0 saturated heterocycles. The van der Waals surface area contributed by atoms with Crippen LogP contribution in [0.1, 0.15) is 16.8 Å². The number of nitrogens with two attached hydrogens (primary N) is 1. The second-order valence-electron chi connectivity index (χ2n) is 3.23. The molecular formula is C10H11ClN4O. The minimum Gasteiger partial charge on any atom is -0.397 e. The summed E-state index contributed by atoms with van der Waals surface area (Å²) in [5, 5.41) is 8.64. The largest absolute Gasteiger partial charge is 0.397 e. The van der Waals surface area contributed by atoms with E-state index in [-0.39, 0.29) is 23.2 Å². The molecule has 84 valence electrons. The molecule has 16 heavy (non-hydrogen) atoms. The number of nitrogens with zero attached hydrogens (tertiary/aromatic N) is 3. The van der Waals surface area contributed by atoms with Crippen LogP contribution in [-0.4, -0.2) is 29.4 Å². The van der Waals surface area contributed by atoms with Crippen LogP contribution in [0.5, 0.6) is 0 Å². The molecule has 0 saturated carbocycles. The van der Waals surface area contributed by atoms with E-state index in [2.05, 4.69) is 4.98 Å². The lowest BCUT2D eigenvalue weighted by Gasteiger charge is -2.16. The van der Waals surface area contributed by atoms with E-state index in [1.807, 2.05) is 6.07 Å². The zero-order valence-corrected chi connectivity index (χ0v) is 9.53. The number of anilines is 1. The predicted octanol–water partition coefficient (Wildman–Crippen LogP) is 1.30. The number of amides is 1. The number of hydrogen-bond acceptors (Lipinski definition) is 4. The van der Waals surface area contributed by atoms with Crippen LogP contribution in [-0.2, 0) is 0 Å². The normalized spacial score (nSPS) is 9.56. The molecule has 1 aromatic heterocycles. The SMILES string of the molecule is CN(CCC#N)C(=O)c1cc(Cl)ncc1N. The summed E-state index contributed by atoms with van der Waals surface area (Å²) in [6, 6.07) is 3.39. The highest BCUT2D eigenvalue weighted by Gasteiger charge is 2.15. The van der Waals surface area contributed by atoms with Crippen LogP contribution in [0.2, 0.25) is 5.15 Å². The molecule has 6 heteroatoms. The van der Waals surface area contributed by atoms with E-state index in [1.165, 1.54) is 17.2 Å². The van der Waals surface area contributed by atoms with Crippen molar-refractivity contribution in [1.82, 2.24) is 9.88 Å². The zero-order chi connectivity index (χ0) is 12.1. The first-order valence-corrected chi connectivity index (χ1v) is 4.97. The number of aromatic nitrogens is 1. The van der Waals surface area contributed by atoms with Crippen molar-refractivity contribution in [3.05, 3.63) is 23.0 Å². The van der Waals surface area contributed by atoms with Crippen LogP contribution < -0.4 is 5.73 Å². The lowest BCUT2D eigenvalue weighted by Crippen LogP contribution is -2.28. The molecule has 0 fully saturated rings. The van der Waals surface area contributed by atoms with Gasteiger partial charge >= 0.3 is 0 Å². The van der Waals surface area contributed by atoms with Gasteiger partial charge in [0.15, 0.2) is 0 Å². The van der Waals surface area contributed by atoms with Gasteiger partial charge in [0.05, 0.1) is 29.9 Å². The molecule has 0 aliphatic rings. The van der Waals surface area contributed by atoms with Crippen LogP contribution in [0.3, 0.4) is 0 Å². The molecule has 0 unspecified atom stereocenters. The van der Waals surface area contributed by atoms with Crippen molar-refractivity contribution in [2.75, 3.05) is 19.3 Å². The average Bonchev–Trinajstić information content (AvgIpc) is 2.28. The summed E-state index contributed by atoms with van der Waals surface area (Å²) in [6.45, 7) is 0.356. The summed E-state index contributed by atoms with van der Waals surface area (Å²) in [5.41, 5.74) is 6.21. The molecule has 0 atom stereocenters. The number of carbonyl (C=O) groups excluding carboxylic acids is 1. The smallest absolute Gasteiger partial charge is 0.255 e. The molecule has 5 nitrogen and oxygen atoms in total. The van der Waals surface area contributed by atoms with E-state index < -0.39 is 0 Å². The summed E-state index contributed by atoms with van der Waals surface area (Å²) in [5.74, 6) is -0.267. The molecule has 1 rings (SSSR count). The highest BCUT2D eigenvalue weighted by Crippen LogP contribution is 2.16. The fourth-order valence-corrected chi connectivity index (χ4v) is 1.31.